The minimum absolute atomic E-state index is 0.0793. The highest BCUT2D eigenvalue weighted by molar-refractivity contribution is 6.33. The summed E-state index contributed by atoms with van der Waals surface area (Å²) in [6, 6.07) is 5.67. The molecule has 0 aliphatic rings. The molecule has 19 heavy (non-hydrogen) atoms. The molecule has 0 bridgehead atoms. The van der Waals surface area contributed by atoms with Crippen molar-refractivity contribution in [1.29, 1.82) is 5.26 Å². The number of benzene rings is 1. The van der Waals surface area contributed by atoms with E-state index in [0.29, 0.717) is 6.54 Å². The number of halogens is 1. The van der Waals surface area contributed by atoms with Gasteiger partial charge in [0.2, 0.25) is 0 Å². The van der Waals surface area contributed by atoms with Crippen LogP contribution in [0.3, 0.4) is 0 Å². The third kappa shape index (κ3) is 3.66. The van der Waals surface area contributed by atoms with E-state index in [4.69, 9.17) is 16.9 Å². The lowest BCUT2D eigenvalue weighted by atomic mass is 10.1. The van der Waals surface area contributed by atoms with Gasteiger partial charge in [-0.15, -0.1) is 0 Å². The van der Waals surface area contributed by atoms with Crippen molar-refractivity contribution in [3.05, 3.63) is 38.9 Å². The quantitative estimate of drug-likeness (QED) is 0.613. The maximum absolute atomic E-state index is 12.2. The van der Waals surface area contributed by atoms with Crippen LogP contribution in [0.2, 0.25) is 5.02 Å². The number of non-ortho nitro benzene ring substituents is 1. The van der Waals surface area contributed by atoms with Crippen molar-refractivity contribution in [3.63, 3.8) is 0 Å². The summed E-state index contributed by atoms with van der Waals surface area (Å²) in [4.78, 5) is 23.7. The number of nitrogens with zero attached hydrogens (tertiary/aromatic N) is 3. The fraction of sp³-hybridized carbons (Fsp3) is 0.333. The molecule has 0 saturated heterocycles. The summed E-state index contributed by atoms with van der Waals surface area (Å²) in [7, 11) is 0. The fourth-order valence-electron chi connectivity index (χ4n) is 1.55. The zero-order valence-electron chi connectivity index (χ0n) is 10.3. The van der Waals surface area contributed by atoms with Crippen molar-refractivity contribution in [1.82, 2.24) is 4.90 Å². The number of hydrogen-bond donors (Lipinski definition) is 0. The Morgan fingerprint density at radius 3 is 2.79 bits per heavy atom. The van der Waals surface area contributed by atoms with Gasteiger partial charge in [-0.25, -0.2) is 0 Å². The van der Waals surface area contributed by atoms with Gasteiger partial charge in [0.05, 0.1) is 28.0 Å². The van der Waals surface area contributed by atoms with Gasteiger partial charge in [-0.3, -0.25) is 14.9 Å². The second-order valence-corrected chi connectivity index (χ2v) is 4.12. The summed E-state index contributed by atoms with van der Waals surface area (Å²) < 4.78 is 0. The molecule has 0 aromatic heterocycles. The smallest absolute Gasteiger partial charge is 0.270 e. The van der Waals surface area contributed by atoms with Gasteiger partial charge in [0, 0.05) is 25.2 Å². The molecule has 1 aromatic carbocycles. The average Bonchev–Trinajstić information content (AvgIpc) is 2.39. The van der Waals surface area contributed by atoms with Crippen LogP contribution in [0.25, 0.3) is 0 Å². The summed E-state index contributed by atoms with van der Waals surface area (Å²) >= 11 is 5.90. The van der Waals surface area contributed by atoms with E-state index in [1.165, 1.54) is 17.0 Å². The van der Waals surface area contributed by atoms with Crippen LogP contribution in [0.4, 0.5) is 5.69 Å². The molecule has 7 heteroatoms. The van der Waals surface area contributed by atoms with Gasteiger partial charge in [0.15, 0.2) is 0 Å². The molecule has 0 fully saturated rings. The van der Waals surface area contributed by atoms with E-state index in [1.54, 1.807) is 6.92 Å². The van der Waals surface area contributed by atoms with Crippen molar-refractivity contribution < 1.29 is 9.72 Å². The number of nitriles is 1. The van der Waals surface area contributed by atoms with Crippen molar-refractivity contribution in [2.45, 2.75) is 13.3 Å². The molecule has 1 aromatic rings. The molecule has 0 heterocycles. The van der Waals surface area contributed by atoms with E-state index in [2.05, 4.69) is 0 Å². The molecule has 0 saturated carbocycles. The molecule has 0 atom stereocenters. The first kappa shape index (κ1) is 14.9. The number of carbonyl (C=O) groups is 1. The Labute approximate surface area is 115 Å². The van der Waals surface area contributed by atoms with Crippen LogP contribution in [-0.2, 0) is 0 Å². The van der Waals surface area contributed by atoms with Crippen molar-refractivity contribution in [2.24, 2.45) is 0 Å². The molecule has 0 aliphatic carbocycles. The molecule has 0 spiro atoms. The van der Waals surface area contributed by atoms with Gasteiger partial charge < -0.3 is 4.90 Å². The second kappa shape index (κ2) is 6.71. The summed E-state index contributed by atoms with van der Waals surface area (Å²) in [5.41, 5.74) is -0.111. The van der Waals surface area contributed by atoms with E-state index >= 15 is 0 Å². The van der Waals surface area contributed by atoms with Gasteiger partial charge in [-0.2, -0.15) is 5.26 Å². The molecular formula is C12H12ClN3O3. The Kier molecular flexibility index (Phi) is 5.27. The van der Waals surface area contributed by atoms with Crippen molar-refractivity contribution in [3.8, 4) is 6.07 Å². The first-order valence-corrected chi connectivity index (χ1v) is 5.99. The van der Waals surface area contributed by atoms with Gasteiger partial charge in [-0.05, 0) is 13.0 Å². The monoisotopic (exact) mass is 281 g/mol. The summed E-state index contributed by atoms with van der Waals surface area (Å²) in [5, 5.41) is 19.4. The highest BCUT2D eigenvalue weighted by atomic mass is 35.5. The zero-order valence-corrected chi connectivity index (χ0v) is 11.1. The van der Waals surface area contributed by atoms with E-state index < -0.39 is 10.8 Å². The largest absolute Gasteiger partial charge is 0.338 e. The van der Waals surface area contributed by atoms with Crippen molar-refractivity contribution >= 4 is 23.2 Å². The average molecular weight is 282 g/mol. The third-order valence-electron chi connectivity index (χ3n) is 2.55. The lowest BCUT2D eigenvalue weighted by Gasteiger charge is -2.19. The number of nitro benzene ring substituents is 1. The first-order chi connectivity index (χ1) is 9.01. The highest BCUT2D eigenvalue weighted by Gasteiger charge is 2.20. The second-order valence-electron chi connectivity index (χ2n) is 3.71. The zero-order chi connectivity index (χ0) is 14.4. The van der Waals surface area contributed by atoms with E-state index in [0.717, 1.165) is 6.07 Å². The van der Waals surface area contributed by atoms with Gasteiger partial charge in [0.25, 0.3) is 11.6 Å². The number of hydrogen-bond acceptors (Lipinski definition) is 4. The van der Waals surface area contributed by atoms with Gasteiger partial charge in [0.1, 0.15) is 0 Å². The summed E-state index contributed by atoms with van der Waals surface area (Å²) in [5.74, 6) is -0.411. The van der Waals surface area contributed by atoms with E-state index in [-0.39, 0.29) is 29.2 Å². The third-order valence-corrected chi connectivity index (χ3v) is 2.88. The molecule has 6 nitrogen and oxygen atoms in total. The topological polar surface area (TPSA) is 87.2 Å². The Hall–Kier alpha value is -2.13. The van der Waals surface area contributed by atoms with Crippen LogP contribution >= 0.6 is 11.6 Å². The SMILES string of the molecule is CCN(CCC#N)C(=O)c1cc([N+](=O)[O-])ccc1Cl. The Morgan fingerprint density at radius 2 is 2.26 bits per heavy atom. The Morgan fingerprint density at radius 1 is 1.58 bits per heavy atom. The maximum atomic E-state index is 12.2. The standard InChI is InChI=1S/C12H12ClN3O3/c1-2-15(7-3-6-14)12(17)10-8-9(16(18)19)4-5-11(10)13/h4-5,8H,2-3,7H2,1H3. The fourth-order valence-corrected chi connectivity index (χ4v) is 1.75. The molecule has 100 valence electrons. The van der Waals surface area contributed by atoms with Crippen molar-refractivity contribution in [2.75, 3.05) is 13.1 Å². The molecular weight excluding hydrogens is 270 g/mol. The predicted octanol–water partition coefficient (Wildman–Crippen LogP) is 2.62. The Balaban J connectivity index is 3.06. The maximum Gasteiger partial charge on any atom is 0.270 e. The summed E-state index contributed by atoms with van der Waals surface area (Å²) in [6.07, 6.45) is 0.201. The van der Waals surface area contributed by atoms with Crippen LogP contribution in [0, 0.1) is 21.4 Å². The lowest BCUT2D eigenvalue weighted by Crippen LogP contribution is -2.31. The van der Waals surface area contributed by atoms with Crippen LogP contribution in [0.5, 0.6) is 0 Å². The number of nitro groups is 1. The van der Waals surface area contributed by atoms with Gasteiger partial charge in [-0.1, -0.05) is 11.6 Å². The lowest BCUT2D eigenvalue weighted by molar-refractivity contribution is -0.384. The molecule has 1 rings (SSSR count). The summed E-state index contributed by atoms with van der Waals surface area (Å²) in [6.45, 7) is 2.44. The number of amides is 1. The van der Waals surface area contributed by atoms with E-state index in [1.807, 2.05) is 6.07 Å². The van der Waals surface area contributed by atoms with Crippen LogP contribution in [0.15, 0.2) is 18.2 Å². The molecule has 1 amide bonds. The minimum Gasteiger partial charge on any atom is -0.338 e. The van der Waals surface area contributed by atoms with Crippen LogP contribution in [0.1, 0.15) is 23.7 Å². The first-order valence-electron chi connectivity index (χ1n) is 5.61. The number of rotatable bonds is 5. The molecule has 0 radical (unpaired) electrons. The van der Waals surface area contributed by atoms with E-state index in [9.17, 15) is 14.9 Å². The predicted molar refractivity (Wildman–Crippen MR) is 69.9 cm³/mol. The minimum atomic E-state index is -0.585. The van der Waals surface area contributed by atoms with Gasteiger partial charge >= 0.3 is 0 Å². The highest BCUT2D eigenvalue weighted by Crippen LogP contribution is 2.23. The molecule has 0 unspecified atom stereocenters. The number of carbonyl (C=O) groups excluding carboxylic acids is 1. The van der Waals surface area contributed by atoms with Crippen LogP contribution in [-0.4, -0.2) is 28.8 Å². The molecule has 0 N–H and O–H groups in total. The normalized spacial score (nSPS) is 9.74. The van der Waals surface area contributed by atoms with Crippen LogP contribution < -0.4 is 0 Å². The Bertz CT molecular complexity index is 540. The molecule has 0 aliphatic heterocycles.